The van der Waals surface area contributed by atoms with E-state index < -0.39 is 17.3 Å². The van der Waals surface area contributed by atoms with Gasteiger partial charge in [0.25, 0.3) is 0 Å². The van der Waals surface area contributed by atoms with E-state index >= 15 is 0 Å². The molecule has 19 heavy (non-hydrogen) atoms. The first-order valence-corrected chi connectivity index (χ1v) is 6.46. The molecule has 0 aliphatic heterocycles. The van der Waals surface area contributed by atoms with Crippen molar-refractivity contribution in [2.45, 2.75) is 33.1 Å². The number of aromatic nitrogens is 1. The molecule has 2 N–H and O–H groups in total. The van der Waals surface area contributed by atoms with Crippen molar-refractivity contribution < 1.29 is 14.7 Å². The zero-order valence-electron chi connectivity index (χ0n) is 10.9. The van der Waals surface area contributed by atoms with Gasteiger partial charge in [-0.3, -0.25) is 9.59 Å². The first-order chi connectivity index (χ1) is 8.95. The van der Waals surface area contributed by atoms with Crippen molar-refractivity contribution >= 4 is 29.3 Å². The second-order valence-electron chi connectivity index (χ2n) is 4.35. The number of anilines is 1. The number of hydrogen-bond acceptors (Lipinski definition) is 3. The fraction of sp³-hybridized carbons (Fsp3) is 0.462. The highest BCUT2D eigenvalue weighted by molar-refractivity contribution is 6.33. The van der Waals surface area contributed by atoms with Gasteiger partial charge in [-0.15, -0.1) is 0 Å². The van der Waals surface area contributed by atoms with Gasteiger partial charge in [0.15, 0.2) is 5.82 Å². The summed E-state index contributed by atoms with van der Waals surface area (Å²) >= 11 is 5.88. The van der Waals surface area contributed by atoms with Crippen LogP contribution >= 0.6 is 11.6 Å². The molecule has 0 saturated carbocycles. The largest absolute Gasteiger partial charge is 0.481 e. The van der Waals surface area contributed by atoms with Crippen molar-refractivity contribution in [1.82, 2.24) is 4.98 Å². The average molecular weight is 285 g/mol. The number of carboxylic acids is 1. The summed E-state index contributed by atoms with van der Waals surface area (Å²) in [6, 6.07) is 3.26. The lowest BCUT2D eigenvalue weighted by Crippen LogP contribution is -2.34. The Hall–Kier alpha value is -1.62. The number of carboxylic acid groups (broad SMARTS) is 1. The normalized spacial score (nSPS) is 11.1. The van der Waals surface area contributed by atoms with E-state index in [1.165, 1.54) is 6.20 Å². The van der Waals surface area contributed by atoms with Crippen molar-refractivity contribution in [3.05, 3.63) is 23.4 Å². The SMILES string of the molecule is CCC(CC)(CC(=O)Nc1ncccc1Cl)C(=O)O. The maximum absolute atomic E-state index is 11.9. The molecule has 1 rings (SSSR count). The van der Waals surface area contributed by atoms with Crippen molar-refractivity contribution in [3.63, 3.8) is 0 Å². The third kappa shape index (κ3) is 3.67. The molecule has 0 aliphatic carbocycles. The van der Waals surface area contributed by atoms with Crippen LogP contribution in [0.15, 0.2) is 18.3 Å². The van der Waals surface area contributed by atoms with Crippen LogP contribution in [0.3, 0.4) is 0 Å². The van der Waals surface area contributed by atoms with Gasteiger partial charge in [-0.1, -0.05) is 25.4 Å². The third-order valence-electron chi connectivity index (χ3n) is 3.32. The van der Waals surface area contributed by atoms with Crippen molar-refractivity contribution in [1.29, 1.82) is 0 Å². The molecule has 0 atom stereocenters. The van der Waals surface area contributed by atoms with Gasteiger partial charge < -0.3 is 10.4 Å². The Morgan fingerprint density at radius 3 is 2.53 bits per heavy atom. The van der Waals surface area contributed by atoms with E-state index in [4.69, 9.17) is 11.6 Å². The third-order valence-corrected chi connectivity index (χ3v) is 3.63. The molecular weight excluding hydrogens is 268 g/mol. The topological polar surface area (TPSA) is 79.3 Å². The maximum atomic E-state index is 11.9. The Balaban J connectivity index is 2.80. The summed E-state index contributed by atoms with van der Waals surface area (Å²) in [6.45, 7) is 3.53. The van der Waals surface area contributed by atoms with Gasteiger partial charge in [-0.2, -0.15) is 0 Å². The minimum Gasteiger partial charge on any atom is -0.481 e. The second-order valence-corrected chi connectivity index (χ2v) is 4.76. The van der Waals surface area contributed by atoms with Crippen LogP contribution < -0.4 is 5.32 Å². The fourth-order valence-corrected chi connectivity index (χ4v) is 2.01. The van der Waals surface area contributed by atoms with Crippen molar-refractivity contribution in [2.24, 2.45) is 5.41 Å². The van der Waals surface area contributed by atoms with E-state index in [0.29, 0.717) is 17.9 Å². The predicted octanol–water partition coefficient (Wildman–Crippen LogP) is 2.95. The zero-order valence-corrected chi connectivity index (χ0v) is 11.7. The van der Waals surface area contributed by atoms with Crippen LogP contribution in [0.5, 0.6) is 0 Å². The van der Waals surface area contributed by atoms with Gasteiger partial charge in [0.2, 0.25) is 5.91 Å². The molecule has 0 bridgehead atoms. The summed E-state index contributed by atoms with van der Waals surface area (Å²) < 4.78 is 0. The van der Waals surface area contributed by atoms with Crippen LogP contribution in [0.4, 0.5) is 5.82 Å². The Labute approximate surface area is 117 Å². The number of halogens is 1. The van der Waals surface area contributed by atoms with Gasteiger partial charge in [-0.25, -0.2) is 4.98 Å². The van der Waals surface area contributed by atoms with Gasteiger partial charge in [-0.05, 0) is 25.0 Å². The van der Waals surface area contributed by atoms with Crippen molar-refractivity contribution in [3.8, 4) is 0 Å². The van der Waals surface area contributed by atoms with Gasteiger partial charge >= 0.3 is 5.97 Å². The molecule has 0 unspecified atom stereocenters. The van der Waals surface area contributed by atoms with Gasteiger partial charge in [0.1, 0.15) is 0 Å². The van der Waals surface area contributed by atoms with Crippen LogP contribution in [0, 0.1) is 5.41 Å². The number of amides is 1. The Kier molecular flexibility index (Phi) is 5.30. The number of hydrogen-bond donors (Lipinski definition) is 2. The minimum absolute atomic E-state index is 0.0950. The molecular formula is C13H17ClN2O3. The summed E-state index contributed by atoms with van der Waals surface area (Å²) in [5, 5.41) is 12.1. The highest BCUT2D eigenvalue weighted by Gasteiger charge is 2.37. The van der Waals surface area contributed by atoms with E-state index in [1.807, 2.05) is 0 Å². The van der Waals surface area contributed by atoms with E-state index in [1.54, 1.807) is 26.0 Å². The zero-order chi connectivity index (χ0) is 14.5. The molecule has 1 heterocycles. The molecule has 0 fully saturated rings. The lowest BCUT2D eigenvalue weighted by molar-refractivity contribution is -0.151. The van der Waals surface area contributed by atoms with E-state index in [9.17, 15) is 14.7 Å². The Bertz CT molecular complexity index is 473. The first kappa shape index (κ1) is 15.4. The van der Waals surface area contributed by atoms with Gasteiger partial charge in [0.05, 0.1) is 10.4 Å². The molecule has 6 heteroatoms. The molecule has 1 aromatic heterocycles. The molecule has 104 valence electrons. The minimum atomic E-state index is -1.04. The van der Waals surface area contributed by atoms with Crippen LogP contribution in [-0.2, 0) is 9.59 Å². The molecule has 1 amide bonds. The standard InChI is InChI=1S/C13H17ClN2O3/c1-3-13(4-2,12(18)19)8-10(17)16-11-9(14)6-5-7-15-11/h5-7H,3-4,8H2,1-2H3,(H,18,19)(H,15,16,17). The summed E-state index contributed by atoms with van der Waals surface area (Å²) in [5.74, 6) is -1.10. The monoisotopic (exact) mass is 284 g/mol. The molecule has 0 saturated heterocycles. The number of carbonyl (C=O) groups is 2. The number of nitrogens with zero attached hydrogens (tertiary/aromatic N) is 1. The van der Waals surface area contributed by atoms with E-state index in [0.717, 1.165) is 0 Å². The molecule has 0 aromatic carbocycles. The summed E-state index contributed by atoms with van der Waals surface area (Å²) in [4.78, 5) is 27.2. The quantitative estimate of drug-likeness (QED) is 0.842. The number of pyridine rings is 1. The smallest absolute Gasteiger partial charge is 0.310 e. The Morgan fingerprint density at radius 2 is 2.05 bits per heavy atom. The summed E-state index contributed by atoms with van der Waals surface area (Å²) in [5.41, 5.74) is -1.04. The second kappa shape index (κ2) is 6.52. The fourth-order valence-electron chi connectivity index (χ4n) is 1.84. The number of nitrogens with one attached hydrogen (secondary N) is 1. The highest BCUT2D eigenvalue weighted by Crippen LogP contribution is 2.31. The number of carbonyl (C=O) groups excluding carboxylic acids is 1. The maximum Gasteiger partial charge on any atom is 0.310 e. The van der Waals surface area contributed by atoms with Gasteiger partial charge in [0, 0.05) is 12.6 Å². The predicted molar refractivity (Wildman–Crippen MR) is 73.1 cm³/mol. The molecule has 5 nitrogen and oxygen atoms in total. The van der Waals surface area contributed by atoms with Crippen molar-refractivity contribution in [2.75, 3.05) is 5.32 Å². The number of rotatable bonds is 6. The lowest BCUT2D eigenvalue weighted by atomic mass is 9.79. The van der Waals surface area contributed by atoms with E-state index in [-0.39, 0.29) is 12.2 Å². The van der Waals surface area contributed by atoms with Crippen LogP contribution in [0.25, 0.3) is 0 Å². The first-order valence-electron chi connectivity index (χ1n) is 6.09. The average Bonchev–Trinajstić information content (AvgIpc) is 2.38. The Morgan fingerprint density at radius 1 is 1.42 bits per heavy atom. The summed E-state index contributed by atoms with van der Waals surface area (Å²) in [6.07, 6.45) is 2.19. The number of aliphatic carboxylic acids is 1. The van der Waals surface area contributed by atoms with Crippen LogP contribution in [-0.4, -0.2) is 22.0 Å². The molecule has 0 spiro atoms. The van der Waals surface area contributed by atoms with Crippen LogP contribution in [0.2, 0.25) is 5.02 Å². The molecule has 0 radical (unpaired) electrons. The lowest BCUT2D eigenvalue weighted by Gasteiger charge is -2.25. The summed E-state index contributed by atoms with van der Waals surface area (Å²) in [7, 11) is 0. The van der Waals surface area contributed by atoms with E-state index in [2.05, 4.69) is 10.3 Å². The molecule has 1 aromatic rings. The molecule has 0 aliphatic rings. The highest BCUT2D eigenvalue weighted by atomic mass is 35.5. The van der Waals surface area contributed by atoms with Crippen LogP contribution in [0.1, 0.15) is 33.1 Å².